The van der Waals surface area contributed by atoms with Crippen LogP contribution in [0.5, 0.6) is 5.75 Å². The second-order valence-electron chi connectivity index (χ2n) is 3.97. The summed E-state index contributed by atoms with van der Waals surface area (Å²) < 4.78 is 6.34. The summed E-state index contributed by atoms with van der Waals surface area (Å²) >= 11 is 1.65. The van der Waals surface area contributed by atoms with E-state index in [1.807, 2.05) is 42.5 Å². The molecule has 1 heterocycles. The minimum atomic E-state index is 0.765. The third-order valence-electron chi connectivity index (χ3n) is 2.75. The van der Waals surface area contributed by atoms with Crippen molar-refractivity contribution in [3.63, 3.8) is 0 Å². The van der Waals surface area contributed by atoms with Crippen LogP contribution in [-0.2, 0) is 0 Å². The van der Waals surface area contributed by atoms with Crippen LogP contribution in [-0.4, -0.2) is 12.1 Å². The number of nitrogens with two attached hydrogens (primary N) is 1. The van der Waals surface area contributed by atoms with Crippen molar-refractivity contribution in [3.05, 3.63) is 42.5 Å². The van der Waals surface area contributed by atoms with Crippen LogP contribution < -0.4 is 10.5 Å². The number of hydrogen-bond acceptors (Lipinski definition) is 4. The Kier molecular flexibility index (Phi) is 2.64. The molecule has 3 nitrogen and oxygen atoms in total. The molecule has 0 aliphatic rings. The quantitative estimate of drug-likeness (QED) is 0.712. The Labute approximate surface area is 109 Å². The first-order valence-corrected chi connectivity index (χ1v) is 6.38. The highest BCUT2D eigenvalue weighted by atomic mass is 32.1. The molecule has 2 aromatic carbocycles. The predicted octanol–water partition coefficient (Wildman–Crippen LogP) is 3.55. The van der Waals surface area contributed by atoms with Gasteiger partial charge in [0.2, 0.25) is 0 Å². The van der Waals surface area contributed by atoms with E-state index in [0.717, 1.165) is 32.2 Å². The summed E-state index contributed by atoms with van der Waals surface area (Å²) in [6, 6.07) is 13.7. The first-order chi connectivity index (χ1) is 8.76. The van der Waals surface area contributed by atoms with E-state index >= 15 is 0 Å². The lowest BCUT2D eigenvalue weighted by atomic mass is 10.2. The summed E-state index contributed by atoms with van der Waals surface area (Å²) in [6.45, 7) is 0. The zero-order valence-corrected chi connectivity index (χ0v) is 10.7. The van der Waals surface area contributed by atoms with Crippen LogP contribution in [0.2, 0.25) is 0 Å². The molecule has 0 spiro atoms. The summed E-state index contributed by atoms with van der Waals surface area (Å²) in [5, 5.41) is 0.998. The van der Waals surface area contributed by atoms with Crippen LogP contribution in [0.1, 0.15) is 0 Å². The fourth-order valence-corrected chi connectivity index (χ4v) is 2.78. The second-order valence-corrected chi connectivity index (χ2v) is 5.01. The molecule has 0 atom stereocenters. The van der Waals surface area contributed by atoms with Gasteiger partial charge in [-0.1, -0.05) is 0 Å². The summed E-state index contributed by atoms with van der Waals surface area (Å²) in [4.78, 5) is 4.61. The molecule has 1 aromatic heterocycles. The van der Waals surface area contributed by atoms with E-state index in [1.165, 1.54) is 0 Å². The summed E-state index contributed by atoms with van der Waals surface area (Å²) in [7, 11) is 1.67. The van der Waals surface area contributed by atoms with E-state index in [0.29, 0.717) is 0 Å². The van der Waals surface area contributed by atoms with E-state index in [9.17, 15) is 0 Å². The van der Waals surface area contributed by atoms with Gasteiger partial charge in [-0.15, -0.1) is 11.3 Å². The van der Waals surface area contributed by atoms with Gasteiger partial charge in [0, 0.05) is 11.3 Å². The van der Waals surface area contributed by atoms with Crippen molar-refractivity contribution in [2.75, 3.05) is 12.8 Å². The second kappa shape index (κ2) is 4.31. The van der Waals surface area contributed by atoms with Crippen LogP contribution in [0.3, 0.4) is 0 Å². The van der Waals surface area contributed by atoms with Crippen molar-refractivity contribution in [2.24, 2.45) is 0 Å². The molecular weight excluding hydrogens is 243 g/mol. The molecule has 90 valence electrons. The number of fused-ring (bicyclic) bond motifs is 1. The van der Waals surface area contributed by atoms with Crippen molar-refractivity contribution in [1.82, 2.24) is 4.98 Å². The van der Waals surface area contributed by atoms with E-state index in [-0.39, 0.29) is 0 Å². The highest BCUT2D eigenvalue weighted by molar-refractivity contribution is 7.21. The molecule has 0 aliphatic heterocycles. The first-order valence-electron chi connectivity index (χ1n) is 5.57. The van der Waals surface area contributed by atoms with Crippen molar-refractivity contribution >= 4 is 27.2 Å². The van der Waals surface area contributed by atoms with Gasteiger partial charge in [-0.3, -0.25) is 0 Å². The largest absolute Gasteiger partial charge is 0.497 e. The number of benzene rings is 2. The Morgan fingerprint density at radius 1 is 1.11 bits per heavy atom. The van der Waals surface area contributed by atoms with Crippen molar-refractivity contribution < 1.29 is 4.74 Å². The van der Waals surface area contributed by atoms with Gasteiger partial charge in [0.1, 0.15) is 10.8 Å². The number of hydrogen-bond donors (Lipinski definition) is 1. The van der Waals surface area contributed by atoms with Gasteiger partial charge in [-0.2, -0.15) is 0 Å². The molecular formula is C14H12N2OS. The van der Waals surface area contributed by atoms with Gasteiger partial charge in [-0.25, -0.2) is 4.98 Å². The average Bonchev–Trinajstić information content (AvgIpc) is 2.82. The SMILES string of the molecule is [11CH3]Oc1ccc2nc(-c3ccc(N)cc3)sc2c1. The van der Waals surface area contributed by atoms with Gasteiger partial charge in [0.25, 0.3) is 0 Å². The Balaban J connectivity index is 2.10. The van der Waals surface area contributed by atoms with Gasteiger partial charge in [0.15, 0.2) is 0 Å². The van der Waals surface area contributed by atoms with Crippen molar-refractivity contribution in [2.45, 2.75) is 0 Å². The minimum absolute atomic E-state index is 0.765. The van der Waals surface area contributed by atoms with Crippen LogP contribution >= 0.6 is 11.3 Å². The molecule has 4 heteroatoms. The Morgan fingerprint density at radius 2 is 1.89 bits per heavy atom. The number of anilines is 1. The zero-order chi connectivity index (χ0) is 12.5. The molecule has 3 rings (SSSR count). The minimum Gasteiger partial charge on any atom is -0.497 e. The van der Waals surface area contributed by atoms with E-state index in [4.69, 9.17) is 10.5 Å². The smallest absolute Gasteiger partial charge is 0.124 e. The molecule has 0 aliphatic carbocycles. The predicted molar refractivity (Wildman–Crippen MR) is 76.0 cm³/mol. The van der Waals surface area contributed by atoms with Gasteiger partial charge in [0.05, 0.1) is 17.3 Å². The van der Waals surface area contributed by atoms with Crippen LogP contribution in [0.4, 0.5) is 5.69 Å². The van der Waals surface area contributed by atoms with Crippen LogP contribution in [0.15, 0.2) is 42.5 Å². The van der Waals surface area contributed by atoms with Crippen molar-refractivity contribution in [1.29, 1.82) is 0 Å². The fourth-order valence-electron chi connectivity index (χ4n) is 1.78. The molecule has 3 aromatic rings. The number of nitrogen functional groups attached to an aromatic ring is 1. The Morgan fingerprint density at radius 3 is 2.61 bits per heavy atom. The molecule has 0 saturated heterocycles. The van der Waals surface area contributed by atoms with Crippen LogP contribution in [0, 0.1) is 0 Å². The average molecular weight is 255 g/mol. The van der Waals surface area contributed by atoms with Gasteiger partial charge < -0.3 is 10.5 Å². The Bertz CT molecular complexity index is 689. The third kappa shape index (κ3) is 1.91. The summed E-state index contributed by atoms with van der Waals surface area (Å²) in [6.07, 6.45) is 0. The Hall–Kier alpha value is -2.07. The molecule has 0 fully saturated rings. The zero-order valence-electron chi connectivity index (χ0n) is 9.88. The fraction of sp³-hybridized carbons (Fsp3) is 0.0714. The molecule has 0 bridgehead atoms. The number of ether oxygens (including phenoxy) is 1. The summed E-state index contributed by atoms with van der Waals surface area (Å²) in [5.41, 5.74) is 8.53. The highest BCUT2D eigenvalue weighted by Crippen LogP contribution is 2.32. The van der Waals surface area contributed by atoms with Crippen LogP contribution in [0.25, 0.3) is 20.8 Å². The van der Waals surface area contributed by atoms with E-state index < -0.39 is 0 Å². The maximum atomic E-state index is 5.68. The van der Waals surface area contributed by atoms with Gasteiger partial charge in [-0.05, 0) is 42.5 Å². The maximum Gasteiger partial charge on any atom is 0.124 e. The lowest BCUT2D eigenvalue weighted by Crippen LogP contribution is -1.83. The topological polar surface area (TPSA) is 48.1 Å². The standard InChI is InChI=1S/C14H12N2OS/c1-17-11-6-7-12-13(8-11)18-14(16-12)9-2-4-10(15)5-3-9/h2-8H,15H2,1H3/i1-1. The third-order valence-corrected chi connectivity index (χ3v) is 3.82. The molecule has 0 unspecified atom stereocenters. The molecule has 0 radical (unpaired) electrons. The molecule has 0 amide bonds. The van der Waals surface area contributed by atoms with Gasteiger partial charge >= 0.3 is 0 Å². The molecule has 0 saturated carbocycles. The monoisotopic (exact) mass is 255 g/mol. The van der Waals surface area contributed by atoms with Crippen molar-refractivity contribution in [3.8, 4) is 16.3 Å². The number of methoxy groups -OCH3 is 1. The van der Waals surface area contributed by atoms with E-state index in [2.05, 4.69) is 4.98 Å². The molecule has 18 heavy (non-hydrogen) atoms. The van der Waals surface area contributed by atoms with E-state index in [1.54, 1.807) is 18.4 Å². The normalized spacial score (nSPS) is 10.7. The number of nitrogens with zero attached hydrogens (tertiary/aromatic N) is 1. The maximum absolute atomic E-state index is 5.68. The summed E-state index contributed by atoms with van der Waals surface area (Å²) in [5.74, 6) is 0.856. The highest BCUT2D eigenvalue weighted by Gasteiger charge is 2.06. The first kappa shape index (κ1) is 11.0. The molecule has 2 N–H and O–H groups in total. The lowest BCUT2D eigenvalue weighted by molar-refractivity contribution is 0.415. The number of aromatic nitrogens is 1. The number of rotatable bonds is 2. The number of thiazole rings is 1. The lowest BCUT2D eigenvalue weighted by Gasteiger charge is -1.96.